The molecule has 0 radical (unpaired) electrons. The minimum atomic E-state index is 0.495. The van der Waals surface area contributed by atoms with E-state index in [1.165, 1.54) is 19.6 Å². The average Bonchev–Trinajstić information content (AvgIpc) is 2.40. The Bertz CT molecular complexity index is 309. The van der Waals surface area contributed by atoms with Crippen LogP contribution in [0.25, 0.3) is 0 Å². The Kier molecular flexibility index (Phi) is 6.12. The number of nitrogens with zero attached hydrogens (tertiary/aromatic N) is 3. The van der Waals surface area contributed by atoms with E-state index in [9.17, 15) is 0 Å². The Morgan fingerprint density at radius 2 is 1.79 bits per heavy atom. The fraction of sp³-hybridized carbons (Fsp3) is 0.867. The SMILES string of the molecule is CC#CCN1CCN(CCCOC2CN(C)C2)CC1. The number of hydrogen-bond acceptors (Lipinski definition) is 4. The first-order chi connectivity index (χ1) is 9.28. The van der Waals surface area contributed by atoms with Crippen LogP contribution in [-0.2, 0) is 4.74 Å². The summed E-state index contributed by atoms with van der Waals surface area (Å²) in [5.74, 6) is 6.11. The second kappa shape index (κ2) is 7.86. The molecule has 2 aliphatic rings. The third-order valence-corrected chi connectivity index (χ3v) is 3.95. The van der Waals surface area contributed by atoms with E-state index in [4.69, 9.17) is 4.74 Å². The van der Waals surface area contributed by atoms with Crippen molar-refractivity contribution in [3.8, 4) is 11.8 Å². The van der Waals surface area contributed by atoms with E-state index in [0.717, 1.165) is 45.8 Å². The smallest absolute Gasteiger partial charge is 0.0828 e. The first kappa shape index (κ1) is 14.8. The van der Waals surface area contributed by atoms with Crippen molar-refractivity contribution in [1.82, 2.24) is 14.7 Å². The molecule has 0 atom stereocenters. The number of hydrogen-bond donors (Lipinski definition) is 0. The van der Waals surface area contributed by atoms with Crippen molar-refractivity contribution < 1.29 is 4.74 Å². The molecule has 0 amide bonds. The zero-order valence-corrected chi connectivity index (χ0v) is 12.4. The first-order valence-electron chi connectivity index (χ1n) is 7.42. The van der Waals surface area contributed by atoms with Gasteiger partial charge in [-0.25, -0.2) is 0 Å². The molecule has 0 unspecified atom stereocenters. The molecule has 0 saturated carbocycles. The van der Waals surface area contributed by atoms with Gasteiger partial charge < -0.3 is 14.5 Å². The molecule has 0 N–H and O–H groups in total. The van der Waals surface area contributed by atoms with Gasteiger partial charge in [-0.05, 0) is 20.4 Å². The van der Waals surface area contributed by atoms with Crippen molar-refractivity contribution >= 4 is 0 Å². The molecule has 0 aliphatic carbocycles. The van der Waals surface area contributed by atoms with Crippen LogP contribution < -0.4 is 0 Å². The topological polar surface area (TPSA) is 19.0 Å². The molecule has 4 heteroatoms. The third-order valence-electron chi connectivity index (χ3n) is 3.95. The lowest BCUT2D eigenvalue weighted by atomic mass is 10.2. The molecular weight excluding hydrogens is 238 g/mol. The number of piperazine rings is 1. The van der Waals surface area contributed by atoms with Crippen LogP contribution in [0, 0.1) is 11.8 Å². The summed E-state index contributed by atoms with van der Waals surface area (Å²) < 4.78 is 5.82. The Morgan fingerprint density at radius 1 is 1.11 bits per heavy atom. The fourth-order valence-corrected chi connectivity index (χ4v) is 2.65. The van der Waals surface area contributed by atoms with Gasteiger partial charge in [0.05, 0.1) is 12.6 Å². The van der Waals surface area contributed by atoms with Gasteiger partial charge in [-0.1, -0.05) is 5.92 Å². The summed E-state index contributed by atoms with van der Waals surface area (Å²) >= 11 is 0. The Morgan fingerprint density at radius 3 is 2.42 bits per heavy atom. The summed E-state index contributed by atoms with van der Waals surface area (Å²) in [6.45, 7) is 11.8. The second-order valence-electron chi connectivity index (χ2n) is 5.61. The van der Waals surface area contributed by atoms with Crippen LogP contribution in [0.3, 0.4) is 0 Å². The maximum Gasteiger partial charge on any atom is 0.0828 e. The molecule has 0 aromatic carbocycles. The van der Waals surface area contributed by atoms with Crippen molar-refractivity contribution in [2.45, 2.75) is 19.4 Å². The zero-order valence-electron chi connectivity index (χ0n) is 12.4. The fourth-order valence-electron chi connectivity index (χ4n) is 2.65. The largest absolute Gasteiger partial charge is 0.376 e. The van der Waals surface area contributed by atoms with Gasteiger partial charge in [0.2, 0.25) is 0 Å². The molecule has 2 saturated heterocycles. The maximum atomic E-state index is 5.82. The van der Waals surface area contributed by atoms with Gasteiger partial charge in [0, 0.05) is 52.4 Å². The number of likely N-dealkylation sites (tertiary alicyclic amines) is 1. The van der Waals surface area contributed by atoms with E-state index in [1.54, 1.807) is 0 Å². The van der Waals surface area contributed by atoms with Crippen molar-refractivity contribution in [2.75, 3.05) is 66.0 Å². The van der Waals surface area contributed by atoms with Crippen molar-refractivity contribution in [1.29, 1.82) is 0 Å². The van der Waals surface area contributed by atoms with Gasteiger partial charge in [0.25, 0.3) is 0 Å². The number of ether oxygens (including phenoxy) is 1. The summed E-state index contributed by atoms with van der Waals surface area (Å²) in [7, 11) is 2.14. The van der Waals surface area contributed by atoms with E-state index in [2.05, 4.69) is 33.6 Å². The van der Waals surface area contributed by atoms with Crippen LogP contribution in [0.1, 0.15) is 13.3 Å². The molecule has 4 nitrogen and oxygen atoms in total. The normalized spacial score (nSPS) is 22.8. The molecule has 0 spiro atoms. The molecule has 0 aromatic heterocycles. The van der Waals surface area contributed by atoms with Crippen LogP contribution >= 0.6 is 0 Å². The van der Waals surface area contributed by atoms with Gasteiger partial charge in [-0.15, -0.1) is 5.92 Å². The molecule has 2 heterocycles. The van der Waals surface area contributed by atoms with Crippen LogP contribution in [0.4, 0.5) is 0 Å². The predicted octanol–water partition coefficient (Wildman–Crippen LogP) is 0.348. The van der Waals surface area contributed by atoms with Gasteiger partial charge >= 0.3 is 0 Å². The molecule has 2 fully saturated rings. The van der Waals surface area contributed by atoms with Gasteiger partial charge in [-0.2, -0.15) is 0 Å². The molecule has 0 aromatic rings. The molecule has 19 heavy (non-hydrogen) atoms. The lowest BCUT2D eigenvalue weighted by molar-refractivity contribution is -0.0458. The van der Waals surface area contributed by atoms with Gasteiger partial charge in [-0.3, -0.25) is 4.90 Å². The zero-order chi connectivity index (χ0) is 13.5. The monoisotopic (exact) mass is 265 g/mol. The number of likely N-dealkylation sites (N-methyl/N-ethyl adjacent to an activating group) is 1. The first-order valence-corrected chi connectivity index (χ1v) is 7.42. The quantitative estimate of drug-likeness (QED) is 0.509. The summed E-state index contributed by atoms with van der Waals surface area (Å²) in [5, 5.41) is 0. The summed E-state index contributed by atoms with van der Waals surface area (Å²) in [5.41, 5.74) is 0. The second-order valence-corrected chi connectivity index (χ2v) is 5.61. The summed E-state index contributed by atoms with van der Waals surface area (Å²) in [4.78, 5) is 7.28. The van der Waals surface area contributed by atoms with E-state index in [0.29, 0.717) is 6.10 Å². The van der Waals surface area contributed by atoms with Crippen molar-refractivity contribution in [3.05, 3.63) is 0 Å². The van der Waals surface area contributed by atoms with Crippen LogP contribution in [-0.4, -0.2) is 86.8 Å². The van der Waals surface area contributed by atoms with Crippen molar-refractivity contribution in [2.24, 2.45) is 0 Å². The summed E-state index contributed by atoms with van der Waals surface area (Å²) in [6.07, 6.45) is 1.66. The van der Waals surface area contributed by atoms with Crippen molar-refractivity contribution in [3.63, 3.8) is 0 Å². The molecular formula is C15H27N3O. The Labute approximate surface area is 117 Å². The predicted molar refractivity (Wildman–Crippen MR) is 78.2 cm³/mol. The highest BCUT2D eigenvalue weighted by molar-refractivity contribution is 4.98. The Balaban J connectivity index is 1.47. The number of rotatable bonds is 6. The lowest BCUT2D eigenvalue weighted by Gasteiger charge is -2.36. The van der Waals surface area contributed by atoms with E-state index in [1.807, 2.05) is 6.92 Å². The molecule has 2 rings (SSSR count). The third kappa shape index (κ3) is 5.12. The maximum absolute atomic E-state index is 5.82. The van der Waals surface area contributed by atoms with E-state index >= 15 is 0 Å². The van der Waals surface area contributed by atoms with E-state index in [-0.39, 0.29) is 0 Å². The lowest BCUT2D eigenvalue weighted by Crippen LogP contribution is -2.50. The van der Waals surface area contributed by atoms with Gasteiger partial charge in [0.1, 0.15) is 0 Å². The van der Waals surface area contributed by atoms with Crippen LogP contribution in [0.15, 0.2) is 0 Å². The highest BCUT2D eigenvalue weighted by atomic mass is 16.5. The van der Waals surface area contributed by atoms with Crippen LogP contribution in [0.2, 0.25) is 0 Å². The van der Waals surface area contributed by atoms with Gasteiger partial charge in [0.15, 0.2) is 0 Å². The standard InChI is InChI=1S/C15H27N3O/c1-3-4-6-17-8-10-18(11-9-17)7-5-12-19-15-13-16(2)14-15/h15H,5-14H2,1-2H3. The highest BCUT2D eigenvalue weighted by Gasteiger charge is 2.23. The molecule has 0 bridgehead atoms. The van der Waals surface area contributed by atoms with E-state index < -0.39 is 0 Å². The Hall–Kier alpha value is -0.600. The van der Waals surface area contributed by atoms with Crippen LogP contribution in [0.5, 0.6) is 0 Å². The minimum Gasteiger partial charge on any atom is -0.376 e. The highest BCUT2D eigenvalue weighted by Crippen LogP contribution is 2.09. The summed E-state index contributed by atoms with van der Waals surface area (Å²) in [6, 6.07) is 0. The average molecular weight is 265 g/mol. The minimum absolute atomic E-state index is 0.495. The molecule has 108 valence electrons. The molecule has 2 aliphatic heterocycles.